The van der Waals surface area contributed by atoms with Crippen molar-refractivity contribution in [3.05, 3.63) is 42.5 Å². The van der Waals surface area contributed by atoms with Crippen LogP contribution in [0, 0.1) is 0 Å². The summed E-state index contributed by atoms with van der Waals surface area (Å²) in [7, 11) is 1.89. The number of aryl methyl sites for hydroxylation is 1. The molecule has 4 rings (SSSR count). The van der Waals surface area contributed by atoms with Crippen molar-refractivity contribution in [1.29, 1.82) is 0 Å². The van der Waals surface area contributed by atoms with Crippen molar-refractivity contribution in [1.82, 2.24) is 25.0 Å². The predicted octanol–water partition coefficient (Wildman–Crippen LogP) is 2.51. The molecule has 2 aromatic carbocycles. The first-order chi connectivity index (χ1) is 9.31. The lowest BCUT2D eigenvalue weighted by atomic mass is 10.2. The summed E-state index contributed by atoms with van der Waals surface area (Å²) in [6.45, 7) is 0. The molecule has 4 aromatic rings. The zero-order valence-electron chi connectivity index (χ0n) is 10.3. The summed E-state index contributed by atoms with van der Waals surface area (Å²) in [6, 6.07) is 14.0. The number of hydrogen-bond acceptors (Lipinski definition) is 3. The van der Waals surface area contributed by atoms with Gasteiger partial charge in [-0.3, -0.25) is 0 Å². The van der Waals surface area contributed by atoms with E-state index in [4.69, 9.17) is 0 Å². The largest absolute Gasteiger partial charge is 0.338 e. The van der Waals surface area contributed by atoms with Crippen molar-refractivity contribution in [3.8, 4) is 11.4 Å². The molecule has 0 saturated heterocycles. The van der Waals surface area contributed by atoms with Crippen LogP contribution < -0.4 is 0 Å². The third-order valence-corrected chi connectivity index (χ3v) is 3.27. The molecule has 0 aliphatic carbocycles. The Bertz CT molecular complexity index is 854. The fraction of sp³-hybridized carbons (Fsp3) is 0.0714. The molecular weight excluding hydrogens is 238 g/mol. The number of aromatic nitrogens is 5. The minimum Gasteiger partial charge on any atom is -0.338 e. The molecule has 0 saturated carbocycles. The van der Waals surface area contributed by atoms with Gasteiger partial charge in [0, 0.05) is 12.6 Å². The Morgan fingerprint density at radius 3 is 2.84 bits per heavy atom. The minimum absolute atomic E-state index is 0.855. The van der Waals surface area contributed by atoms with Crippen molar-refractivity contribution >= 4 is 22.1 Å². The highest BCUT2D eigenvalue weighted by Gasteiger charge is 2.07. The molecule has 2 aromatic heterocycles. The topological polar surface area (TPSA) is 59.4 Å². The Balaban J connectivity index is 1.93. The second-order valence-corrected chi connectivity index (χ2v) is 4.52. The molecule has 0 atom stereocenters. The Kier molecular flexibility index (Phi) is 1.97. The third kappa shape index (κ3) is 1.52. The van der Waals surface area contributed by atoms with Gasteiger partial charge in [-0.25, -0.2) is 9.67 Å². The number of hydrogen-bond donors (Lipinski definition) is 1. The van der Waals surface area contributed by atoms with Gasteiger partial charge in [-0.15, -0.1) is 5.10 Å². The normalized spacial score (nSPS) is 11.4. The highest BCUT2D eigenvalue weighted by Crippen LogP contribution is 2.23. The number of para-hydroxylation sites is 2. The number of rotatable bonds is 1. The standard InChI is InChI=1S/C14H11N5/c1-19-13-7-6-9(8-12(13)17-18-19)14-15-10-4-2-3-5-11(10)16-14/h2-8H,1H3,(H,15,16). The summed E-state index contributed by atoms with van der Waals surface area (Å²) in [6.07, 6.45) is 0. The van der Waals surface area contributed by atoms with Gasteiger partial charge in [-0.05, 0) is 30.3 Å². The molecule has 0 radical (unpaired) electrons. The molecule has 92 valence electrons. The number of benzene rings is 2. The van der Waals surface area contributed by atoms with Crippen LogP contribution in [0.2, 0.25) is 0 Å². The molecule has 5 nitrogen and oxygen atoms in total. The van der Waals surface area contributed by atoms with Crippen LogP contribution in [-0.2, 0) is 7.05 Å². The van der Waals surface area contributed by atoms with E-state index in [1.165, 1.54) is 0 Å². The van der Waals surface area contributed by atoms with Crippen LogP contribution in [0.3, 0.4) is 0 Å². The highest BCUT2D eigenvalue weighted by atomic mass is 15.4. The van der Waals surface area contributed by atoms with E-state index in [2.05, 4.69) is 20.3 Å². The lowest BCUT2D eigenvalue weighted by Crippen LogP contribution is -1.89. The summed E-state index contributed by atoms with van der Waals surface area (Å²) in [4.78, 5) is 7.90. The first kappa shape index (κ1) is 10.3. The number of H-pyrrole nitrogens is 1. The maximum Gasteiger partial charge on any atom is 0.138 e. The molecule has 2 heterocycles. The summed E-state index contributed by atoms with van der Waals surface area (Å²) in [5.74, 6) is 0.855. The molecule has 0 unspecified atom stereocenters. The summed E-state index contributed by atoms with van der Waals surface area (Å²) in [5.41, 5.74) is 4.91. The molecule has 0 aliphatic heterocycles. The van der Waals surface area contributed by atoms with Crippen LogP contribution in [-0.4, -0.2) is 25.0 Å². The van der Waals surface area contributed by atoms with Gasteiger partial charge in [0.15, 0.2) is 0 Å². The minimum atomic E-state index is 0.855. The van der Waals surface area contributed by atoms with Crippen molar-refractivity contribution < 1.29 is 0 Å². The van der Waals surface area contributed by atoms with E-state index in [9.17, 15) is 0 Å². The highest BCUT2D eigenvalue weighted by molar-refractivity contribution is 5.83. The van der Waals surface area contributed by atoms with Gasteiger partial charge in [0.05, 0.1) is 16.6 Å². The van der Waals surface area contributed by atoms with Crippen molar-refractivity contribution in [3.63, 3.8) is 0 Å². The number of nitrogens with one attached hydrogen (secondary N) is 1. The number of imidazole rings is 1. The van der Waals surface area contributed by atoms with E-state index < -0.39 is 0 Å². The second kappa shape index (κ2) is 3.65. The van der Waals surface area contributed by atoms with Crippen LogP contribution >= 0.6 is 0 Å². The molecule has 19 heavy (non-hydrogen) atoms. The van der Waals surface area contributed by atoms with Crippen LogP contribution in [0.1, 0.15) is 0 Å². The van der Waals surface area contributed by atoms with E-state index in [1.54, 1.807) is 4.68 Å². The fourth-order valence-electron chi connectivity index (χ4n) is 2.28. The Hall–Kier alpha value is -2.69. The van der Waals surface area contributed by atoms with Gasteiger partial charge in [-0.2, -0.15) is 0 Å². The average Bonchev–Trinajstić information content (AvgIpc) is 3.02. The Labute approximate surface area is 108 Å². The van der Waals surface area contributed by atoms with Crippen molar-refractivity contribution in [2.24, 2.45) is 7.05 Å². The van der Waals surface area contributed by atoms with Crippen LogP contribution in [0.15, 0.2) is 42.5 Å². The average molecular weight is 249 g/mol. The first-order valence-corrected chi connectivity index (χ1v) is 6.06. The zero-order chi connectivity index (χ0) is 12.8. The van der Waals surface area contributed by atoms with Gasteiger partial charge < -0.3 is 4.98 Å². The zero-order valence-corrected chi connectivity index (χ0v) is 10.3. The smallest absolute Gasteiger partial charge is 0.138 e. The molecule has 5 heteroatoms. The lowest BCUT2D eigenvalue weighted by molar-refractivity contribution is 0.736. The third-order valence-electron chi connectivity index (χ3n) is 3.27. The Morgan fingerprint density at radius 1 is 1.05 bits per heavy atom. The monoisotopic (exact) mass is 249 g/mol. The number of nitrogens with zero attached hydrogens (tertiary/aromatic N) is 4. The Morgan fingerprint density at radius 2 is 1.95 bits per heavy atom. The van der Waals surface area contributed by atoms with Crippen molar-refractivity contribution in [2.75, 3.05) is 0 Å². The van der Waals surface area contributed by atoms with Crippen molar-refractivity contribution in [2.45, 2.75) is 0 Å². The molecule has 0 aliphatic rings. The maximum absolute atomic E-state index is 4.59. The number of aromatic amines is 1. The van der Waals surface area contributed by atoms with Gasteiger partial charge in [0.2, 0.25) is 0 Å². The fourth-order valence-corrected chi connectivity index (χ4v) is 2.28. The van der Waals surface area contributed by atoms with Gasteiger partial charge in [0.25, 0.3) is 0 Å². The molecule has 0 fully saturated rings. The number of fused-ring (bicyclic) bond motifs is 2. The molecule has 1 N–H and O–H groups in total. The lowest BCUT2D eigenvalue weighted by Gasteiger charge is -1.96. The summed E-state index contributed by atoms with van der Waals surface area (Å²) in [5, 5.41) is 8.14. The van der Waals surface area contributed by atoms with E-state index in [0.29, 0.717) is 0 Å². The molecule has 0 spiro atoms. The van der Waals surface area contributed by atoms with E-state index in [1.807, 2.05) is 49.5 Å². The molecular formula is C14H11N5. The van der Waals surface area contributed by atoms with Gasteiger partial charge in [-0.1, -0.05) is 17.3 Å². The first-order valence-electron chi connectivity index (χ1n) is 6.06. The summed E-state index contributed by atoms with van der Waals surface area (Å²) >= 11 is 0. The quantitative estimate of drug-likeness (QED) is 0.564. The van der Waals surface area contributed by atoms with Crippen LogP contribution in [0.4, 0.5) is 0 Å². The van der Waals surface area contributed by atoms with Gasteiger partial charge >= 0.3 is 0 Å². The SMILES string of the molecule is Cn1nnc2cc(-c3nc4ccccc4[nH]3)ccc21. The maximum atomic E-state index is 4.59. The van der Waals surface area contributed by atoms with E-state index in [-0.39, 0.29) is 0 Å². The van der Waals surface area contributed by atoms with Crippen LogP contribution in [0.5, 0.6) is 0 Å². The molecule has 0 amide bonds. The second-order valence-electron chi connectivity index (χ2n) is 4.52. The summed E-state index contributed by atoms with van der Waals surface area (Å²) < 4.78 is 1.76. The van der Waals surface area contributed by atoms with E-state index >= 15 is 0 Å². The molecule has 0 bridgehead atoms. The predicted molar refractivity (Wildman–Crippen MR) is 73.6 cm³/mol. The van der Waals surface area contributed by atoms with Crippen LogP contribution in [0.25, 0.3) is 33.5 Å². The van der Waals surface area contributed by atoms with Gasteiger partial charge in [0.1, 0.15) is 11.3 Å². The van der Waals surface area contributed by atoms with E-state index in [0.717, 1.165) is 33.5 Å².